The van der Waals surface area contributed by atoms with Crippen molar-refractivity contribution >= 4 is 11.9 Å². The summed E-state index contributed by atoms with van der Waals surface area (Å²) in [6.45, 7) is 9.29. The number of ether oxygens (including phenoxy) is 4. The molecule has 7 nitrogen and oxygen atoms in total. The molecule has 0 unspecified atom stereocenters. The fourth-order valence-electron chi connectivity index (χ4n) is 3.57. The minimum absolute atomic E-state index is 0.188. The van der Waals surface area contributed by atoms with E-state index >= 15 is 0 Å². The summed E-state index contributed by atoms with van der Waals surface area (Å²) in [6, 6.07) is 17.6. The summed E-state index contributed by atoms with van der Waals surface area (Å²) in [7, 11) is 0. The van der Waals surface area contributed by atoms with Crippen molar-refractivity contribution in [1.82, 2.24) is 5.32 Å². The maximum Gasteiger partial charge on any atom is 0.408 e. The van der Waals surface area contributed by atoms with Crippen molar-refractivity contribution in [1.29, 1.82) is 0 Å². The van der Waals surface area contributed by atoms with Gasteiger partial charge >= 0.3 is 6.09 Å². The van der Waals surface area contributed by atoms with Gasteiger partial charge in [-0.15, -0.1) is 0 Å². The SMILES string of the molecule is CC(C)(C)OC(=O)N[C@@H]([C@H]1COC(C)(C)O1)[C@@H](OCc1ccccc1)C(=O)c1ccccc1. The Bertz CT molecular complexity index is 923. The third-order valence-electron chi connectivity index (χ3n) is 5.03. The van der Waals surface area contributed by atoms with E-state index in [2.05, 4.69) is 5.32 Å². The lowest BCUT2D eigenvalue weighted by Gasteiger charge is -2.32. The van der Waals surface area contributed by atoms with Crippen LogP contribution in [-0.2, 0) is 25.6 Å². The number of hydrogen-bond acceptors (Lipinski definition) is 6. The molecule has 1 amide bonds. The van der Waals surface area contributed by atoms with Crippen LogP contribution in [0.1, 0.15) is 50.5 Å². The molecule has 0 saturated carbocycles. The first-order chi connectivity index (χ1) is 15.5. The quantitative estimate of drug-likeness (QED) is 0.590. The largest absolute Gasteiger partial charge is 0.444 e. The fraction of sp³-hybridized carbons (Fsp3) is 0.462. The lowest BCUT2D eigenvalue weighted by Crippen LogP contribution is -2.56. The van der Waals surface area contributed by atoms with Crippen LogP contribution in [0.15, 0.2) is 60.7 Å². The highest BCUT2D eigenvalue weighted by molar-refractivity contribution is 6.00. The first kappa shape index (κ1) is 24.9. The van der Waals surface area contributed by atoms with Gasteiger partial charge < -0.3 is 24.3 Å². The van der Waals surface area contributed by atoms with Gasteiger partial charge in [-0.25, -0.2) is 4.79 Å². The van der Waals surface area contributed by atoms with Crippen LogP contribution in [0.25, 0.3) is 0 Å². The summed E-state index contributed by atoms with van der Waals surface area (Å²) in [4.78, 5) is 26.3. The molecule has 1 N–H and O–H groups in total. The van der Waals surface area contributed by atoms with Gasteiger partial charge in [0.25, 0.3) is 0 Å². The Morgan fingerprint density at radius 3 is 2.21 bits per heavy atom. The van der Waals surface area contributed by atoms with Crippen molar-refractivity contribution in [3.63, 3.8) is 0 Å². The standard InChI is InChI=1S/C26H33NO6/c1-25(2,3)33-24(29)27-21(20-17-31-26(4,5)32-20)23(22(28)19-14-10-7-11-15-19)30-16-18-12-8-6-9-13-18/h6-15,20-21,23H,16-17H2,1-5H3,(H,27,29)/t20-,21+,23-/m1/s1. The molecule has 3 rings (SSSR count). The van der Waals surface area contributed by atoms with Gasteiger partial charge in [0, 0.05) is 5.56 Å². The highest BCUT2D eigenvalue weighted by Crippen LogP contribution is 2.27. The van der Waals surface area contributed by atoms with Crippen molar-refractivity contribution < 1.29 is 28.5 Å². The Balaban J connectivity index is 1.91. The Morgan fingerprint density at radius 1 is 1.06 bits per heavy atom. The summed E-state index contributed by atoms with van der Waals surface area (Å²) in [6.07, 6.45) is -2.29. The first-order valence-corrected chi connectivity index (χ1v) is 11.1. The van der Waals surface area contributed by atoms with Gasteiger partial charge in [-0.3, -0.25) is 4.79 Å². The molecule has 0 radical (unpaired) electrons. The van der Waals surface area contributed by atoms with Crippen LogP contribution >= 0.6 is 0 Å². The molecule has 1 aliphatic rings. The van der Waals surface area contributed by atoms with E-state index in [0.717, 1.165) is 5.56 Å². The smallest absolute Gasteiger partial charge is 0.408 e. The number of nitrogens with one attached hydrogen (secondary N) is 1. The summed E-state index contributed by atoms with van der Waals surface area (Å²) in [5, 5.41) is 2.83. The van der Waals surface area contributed by atoms with Gasteiger partial charge in [-0.05, 0) is 40.2 Å². The van der Waals surface area contributed by atoms with E-state index in [1.165, 1.54) is 0 Å². The molecule has 7 heteroatoms. The average molecular weight is 456 g/mol. The zero-order valence-electron chi connectivity index (χ0n) is 19.9. The highest BCUT2D eigenvalue weighted by atomic mass is 16.7. The number of alkyl carbamates (subject to hydrolysis) is 1. The molecule has 0 aliphatic carbocycles. The number of Topliss-reactive ketones (excluding diaryl/α,β-unsaturated/α-hetero) is 1. The molecule has 1 saturated heterocycles. The molecule has 0 aromatic heterocycles. The van der Waals surface area contributed by atoms with Crippen molar-refractivity contribution in [2.24, 2.45) is 0 Å². The van der Waals surface area contributed by atoms with Gasteiger partial charge in [-0.2, -0.15) is 0 Å². The predicted octanol–water partition coefficient (Wildman–Crippen LogP) is 4.50. The summed E-state index contributed by atoms with van der Waals surface area (Å²) in [5.41, 5.74) is 0.679. The number of benzene rings is 2. The molecular weight excluding hydrogens is 422 g/mol. The summed E-state index contributed by atoms with van der Waals surface area (Å²) < 4.78 is 23.4. The normalized spacial score (nSPS) is 19.5. The zero-order valence-corrected chi connectivity index (χ0v) is 19.9. The van der Waals surface area contributed by atoms with Gasteiger partial charge in [0.15, 0.2) is 11.6 Å². The Hall–Kier alpha value is -2.74. The second-order valence-electron chi connectivity index (χ2n) is 9.49. The highest BCUT2D eigenvalue weighted by Gasteiger charge is 2.44. The second-order valence-corrected chi connectivity index (χ2v) is 9.49. The van der Waals surface area contributed by atoms with Crippen molar-refractivity contribution in [2.45, 2.75) is 70.9 Å². The summed E-state index contributed by atoms with van der Waals surface area (Å²) >= 11 is 0. The minimum Gasteiger partial charge on any atom is -0.444 e. The van der Waals surface area contributed by atoms with Crippen LogP contribution in [0.3, 0.4) is 0 Å². The maximum absolute atomic E-state index is 13.6. The Labute approximate surface area is 195 Å². The predicted molar refractivity (Wildman–Crippen MR) is 124 cm³/mol. The van der Waals surface area contributed by atoms with Crippen LogP contribution in [0.4, 0.5) is 4.79 Å². The maximum atomic E-state index is 13.6. The number of amides is 1. The van der Waals surface area contributed by atoms with Crippen molar-refractivity contribution in [2.75, 3.05) is 6.61 Å². The monoisotopic (exact) mass is 455 g/mol. The van der Waals surface area contributed by atoms with Crippen LogP contribution in [0, 0.1) is 0 Å². The average Bonchev–Trinajstić information content (AvgIpc) is 3.12. The molecule has 2 aromatic carbocycles. The van der Waals surface area contributed by atoms with E-state index in [-0.39, 0.29) is 19.0 Å². The third kappa shape index (κ3) is 7.39. The van der Waals surface area contributed by atoms with Crippen molar-refractivity contribution in [3.05, 3.63) is 71.8 Å². The van der Waals surface area contributed by atoms with Gasteiger partial charge in [0.05, 0.1) is 19.3 Å². The number of carbonyl (C=O) groups excluding carboxylic acids is 2. The molecule has 0 bridgehead atoms. The molecule has 1 fully saturated rings. The van der Waals surface area contributed by atoms with Crippen LogP contribution < -0.4 is 5.32 Å². The fourth-order valence-corrected chi connectivity index (χ4v) is 3.57. The van der Waals surface area contributed by atoms with Crippen LogP contribution in [0.2, 0.25) is 0 Å². The molecule has 3 atom stereocenters. The van der Waals surface area contributed by atoms with Crippen LogP contribution in [-0.4, -0.2) is 48.1 Å². The molecule has 33 heavy (non-hydrogen) atoms. The van der Waals surface area contributed by atoms with E-state index in [1.807, 2.05) is 36.4 Å². The van der Waals surface area contributed by atoms with E-state index in [1.54, 1.807) is 58.9 Å². The van der Waals surface area contributed by atoms with Crippen molar-refractivity contribution in [3.8, 4) is 0 Å². The molecule has 1 aliphatic heterocycles. The van der Waals surface area contributed by atoms with E-state index in [9.17, 15) is 9.59 Å². The third-order valence-corrected chi connectivity index (χ3v) is 5.03. The van der Waals surface area contributed by atoms with Gasteiger partial charge in [0.1, 0.15) is 17.8 Å². The number of ketones is 1. The molecule has 0 spiro atoms. The Kier molecular flexibility index (Phi) is 7.89. The topological polar surface area (TPSA) is 83.1 Å². The molecular formula is C26H33NO6. The van der Waals surface area contributed by atoms with E-state index in [4.69, 9.17) is 18.9 Å². The van der Waals surface area contributed by atoms with Gasteiger partial charge in [-0.1, -0.05) is 60.7 Å². The van der Waals surface area contributed by atoms with E-state index < -0.39 is 35.7 Å². The molecule has 178 valence electrons. The lowest BCUT2D eigenvalue weighted by atomic mass is 9.96. The second kappa shape index (κ2) is 10.5. The van der Waals surface area contributed by atoms with Crippen LogP contribution in [0.5, 0.6) is 0 Å². The zero-order chi connectivity index (χ0) is 24.1. The molecule has 1 heterocycles. The van der Waals surface area contributed by atoms with E-state index in [0.29, 0.717) is 5.56 Å². The minimum atomic E-state index is -1.03. The number of carbonyl (C=O) groups is 2. The lowest BCUT2D eigenvalue weighted by molar-refractivity contribution is -0.146. The number of rotatable bonds is 8. The Morgan fingerprint density at radius 2 is 1.67 bits per heavy atom. The summed E-state index contributed by atoms with van der Waals surface area (Å²) in [5.74, 6) is -1.11. The van der Waals surface area contributed by atoms with Gasteiger partial charge in [0.2, 0.25) is 0 Å². The first-order valence-electron chi connectivity index (χ1n) is 11.1. The molecule has 2 aromatic rings. The number of hydrogen-bond donors (Lipinski definition) is 1.